The Balaban J connectivity index is 2.75. The minimum Gasteiger partial charge on any atom is -0.494 e. The van der Waals surface area contributed by atoms with Crippen LogP contribution in [0.2, 0.25) is 0 Å². The summed E-state index contributed by atoms with van der Waals surface area (Å²) < 4.78 is 5.17. The summed E-state index contributed by atoms with van der Waals surface area (Å²) in [6.07, 6.45) is 2.99. The van der Waals surface area contributed by atoms with Crippen LogP contribution < -0.4 is 15.8 Å². The van der Waals surface area contributed by atoms with Crippen molar-refractivity contribution in [2.24, 2.45) is 0 Å². The maximum absolute atomic E-state index is 12.1. The zero-order valence-electron chi connectivity index (χ0n) is 11.0. The molecule has 5 heteroatoms. The van der Waals surface area contributed by atoms with Crippen molar-refractivity contribution in [3.05, 3.63) is 23.8 Å². The summed E-state index contributed by atoms with van der Waals surface area (Å²) >= 11 is 1.77. The highest BCUT2D eigenvalue weighted by atomic mass is 32.2. The predicted molar refractivity (Wildman–Crippen MR) is 77.3 cm³/mol. The Labute approximate surface area is 112 Å². The lowest BCUT2D eigenvalue weighted by Crippen LogP contribution is -2.33. The minimum atomic E-state index is -0.146. The fraction of sp³-hybridized carbons (Fsp3) is 0.462. The number of nitrogen functional groups attached to an aromatic ring is 1. The number of nitrogens with two attached hydrogens (primary N) is 1. The second-order valence-electron chi connectivity index (χ2n) is 4.08. The molecular formula is C13H20N2O2S. The topological polar surface area (TPSA) is 64.3 Å². The van der Waals surface area contributed by atoms with Crippen molar-refractivity contribution < 1.29 is 9.53 Å². The Bertz CT molecular complexity index is 410. The Morgan fingerprint density at radius 3 is 2.89 bits per heavy atom. The Hall–Kier alpha value is -1.36. The predicted octanol–water partition coefficient (Wildman–Crippen LogP) is 2.15. The van der Waals surface area contributed by atoms with Crippen LogP contribution in [0.4, 0.5) is 5.69 Å². The normalized spacial score (nSPS) is 11.9. The van der Waals surface area contributed by atoms with Crippen molar-refractivity contribution >= 4 is 23.4 Å². The van der Waals surface area contributed by atoms with Crippen LogP contribution in [0.5, 0.6) is 5.75 Å². The van der Waals surface area contributed by atoms with E-state index in [-0.39, 0.29) is 11.9 Å². The average molecular weight is 268 g/mol. The van der Waals surface area contributed by atoms with Crippen LogP contribution in [0.3, 0.4) is 0 Å². The smallest absolute Gasteiger partial charge is 0.255 e. The third-order valence-electron chi connectivity index (χ3n) is 2.63. The van der Waals surface area contributed by atoms with E-state index >= 15 is 0 Å². The van der Waals surface area contributed by atoms with Gasteiger partial charge < -0.3 is 15.8 Å². The van der Waals surface area contributed by atoms with Crippen LogP contribution in [0.25, 0.3) is 0 Å². The summed E-state index contributed by atoms with van der Waals surface area (Å²) in [5, 5.41) is 2.95. The lowest BCUT2D eigenvalue weighted by Gasteiger charge is -2.15. The van der Waals surface area contributed by atoms with E-state index in [1.165, 1.54) is 7.11 Å². The lowest BCUT2D eigenvalue weighted by atomic mass is 10.1. The highest BCUT2D eigenvalue weighted by Crippen LogP contribution is 2.25. The molecule has 0 aliphatic carbocycles. The number of amides is 1. The molecule has 0 aliphatic rings. The van der Waals surface area contributed by atoms with Crippen molar-refractivity contribution in [2.45, 2.75) is 19.4 Å². The van der Waals surface area contributed by atoms with Crippen LogP contribution in [0.15, 0.2) is 18.2 Å². The largest absolute Gasteiger partial charge is 0.494 e. The van der Waals surface area contributed by atoms with Gasteiger partial charge in [-0.1, -0.05) is 6.07 Å². The number of thioether (sulfide) groups is 1. The van der Waals surface area contributed by atoms with Crippen LogP contribution in [0.1, 0.15) is 23.7 Å². The van der Waals surface area contributed by atoms with E-state index in [0.29, 0.717) is 17.0 Å². The van der Waals surface area contributed by atoms with E-state index in [0.717, 1.165) is 12.2 Å². The first kappa shape index (κ1) is 14.7. The van der Waals surface area contributed by atoms with Crippen LogP contribution in [0, 0.1) is 0 Å². The van der Waals surface area contributed by atoms with E-state index in [9.17, 15) is 4.79 Å². The molecule has 0 aromatic heterocycles. The first-order valence-corrected chi connectivity index (χ1v) is 7.21. The molecule has 0 aliphatic heterocycles. The van der Waals surface area contributed by atoms with Gasteiger partial charge in [0.2, 0.25) is 0 Å². The molecule has 1 rings (SSSR count). The third kappa shape index (κ3) is 3.84. The van der Waals surface area contributed by atoms with Crippen LogP contribution >= 0.6 is 11.8 Å². The number of ether oxygens (including phenoxy) is 1. The second-order valence-corrected chi connectivity index (χ2v) is 5.07. The number of carbonyl (C=O) groups excluding carboxylic acids is 1. The van der Waals surface area contributed by atoms with Crippen molar-refractivity contribution in [3.63, 3.8) is 0 Å². The number of methoxy groups -OCH3 is 1. The molecule has 0 fully saturated rings. The van der Waals surface area contributed by atoms with E-state index < -0.39 is 0 Å². The van der Waals surface area contributed by atoms with E-state index in [2.05, 4.69) is 11.6 Å². The Kier molecular flexibility index (Phi) is 5.85. The van der Waals surface area contributed by atoms with Crippen LogP contribution in [-0.2, 0) is 0 Å². The van der Waals surface area contributed by atoms with Gasteiger partial charge in [0.05, 0.1) is 18.4 Å². The Morgan fingerprint density at radius 1 is 1.56 bits per heavy atom. The molecule has 1 aromatic carbocycles. The summed E-state index contributed by atoms with van der Waals surface area (Å²) in [5.74, 6) is 1.31. The number of hydrogen-bond donors (Lipinski definition) is 2. The standard InChI is InChI=1S/C13H20N2O2S/c1-9(7-8-18-3)15-13(16)10-5-4-6-11(14)12(10)17-2/h4-6,9H,7-8,14H2,1-3H3,(H,15,16). The molecule has 0 bridgehead atoms. The van der Waals surface area contributed by atoms with Crippen molar-refractivity contribution in [1.29, 1.82) is 0 Å². The fourth-order valence-corrected chi connectivity index (χ4v) is 2.22. The quantitative estimate of drug-likeness (QED) is 0.776. The van der Waals surface area contributed by atoms with Gasteiger partial charge in [0, 0.05) is 6.04 Å². The van der Waals surface area contributed by atoms with E-state index in [4.69, 9.17) is 10.5 Å². The van der Waals surface area contributed by atoms with Gasteiger partial charge in [-0.2, -0.15) is 11.8 Å². The molecule has 3 N–H and O–H groups in total. The fourth-order valence-electron chi connectivity index (χ4n) is 1.63. The summed E-state index contributed by atoms with van der Waals surface area (Å²) in [4.78, 5) is 12.1. The summed E-state index contributed by atoms with van der Waals surface area (Å²) in [6.45, 7) is 1.99. The van der Waals surface area contributed by atoms with Gasteiger partial charge in [0.15, 0.2) is 5.75 Å². The maximum Gasteiger partial charge on any atom is 0.255 e. The van der Waals surface area contributed by atoms with Crippen molar-refractivity contribution in [2.75, 3.05) is 24.9 Å². The number of nitrogens with one attached hydrogen (secondary N) is 1. The number of benzene rings is 1. The molecule has 0 saturated heterocycles. The zero-order chi connectivity index (χ0) is 13.5. The molecule has 100 valence electrons. The molecule has 18 heavy (non-hydrogen) atoms. The molecular weight excluding hydrogens is 248 g/mol. The number of anilines is 1. The van der Waals surface area contributed by atoms with Crippen molar-refractivity contribution in [3.8, 4) is 5.75 Å². The van der Waals surface area contributed by atoms with E-state index in [1.54, 1.807) is 30.0 Å². The summed E-state index contributed by atoms with van der Waals surface area (Å²) in [7, 11) is 1.51. The first-order valence-electron chi connectivity index (χ1n) is 5.82. The molecule has 1 amide bonds. The molecule has 0 saturated carbocycles. The SMILES string of the molecule is COc1c(N)cccc1C(=O)NC(C)CCSC. The maximum atomic E-state index is 12.1. The van der Waals surface area contributed by atoms with Gasteiger partial charge in [-0.05, 0) is 37.5 Å². The first-order chi connectivity index (χ1) is 8.60. The number of para-hydroxylation sites is 1. The second kappa shape index (κ2) is 7.16. The number of hydrogen-bond acceptors (Lipinski definition) is 4. The monoisotopic (exact) mass is 268 g/mol. The zero-order valence-corrected chi connectivity index (χ0v) is 11.8. The molecule has 4 nitrogen and oxygen atoms in total. The number of rotatable bonds is 6. The molecule has 0 heterocycles. The van der Waals surface area contributed by atoms with Gasteiger partial charge in [0.25, 0.3) is 5.91 Å². The van der Waals surface area contributed by atoms with Gasteiger partial charge in [0.1, 0.15) is 0 Å². The minimum absolute atomic E-state index is 0.135. The summed E-state index contributed by atoms with van der Waals surface area (Å²) in [5.41, 5.74) is 6.73. The van der Waals surface area contributed by atoms with Crippen LogP contribution in [-0.4, -0.2) is 31.1 Å². The third-order valence-corrected chi connectivity index (χ3v) is 3.27. The van der Waals surface area contributed by atoms with E-state index in [1.807, 2.05) is 6.92 Å². The number of carbonyl (C=O) groups is 1. The van der Waals surface area contributed by atoms with Gasteiger partial charge >= 0.3 is 0 Å². The highest BCUT2D eigenvalue weighted by Gasteiger charge is 2.15. The highest BCUT2D eigenvalue weighted by molar-refractivity contribution is 7.98. The summed E-state index contributed by atoms with van der Waals surface area (Å²) in [6, 6.07) is 5.31. The van der Waals surface area contributed by atoms with Gasteiger partial charge in [-0.3, -0.25) is 4.79 Å². The molecule has 1 aromatic rings. The average Bonchev–Trinajstić information content (AvgIpc) is 2.35. The molecule has 1 unspecified atom stereocenters. The molecule has 1 atom stereocenters. The lowest BCUT2D eigenvalue weighted by molar-refractivity contribution is 0.0936. The molecule has 0 spiro atoms. The van der Waals surface area contributed by atoms with Crippen molar-refractivity contribution in [1.82, 2.24) is 5.32 Å². The van der Waals surface area contributed by atoms with Gasteiger partial charge in [-0.15, -0.1) is 0 Å². The Morgan fingerprint density at radius 2 is 2.28 bits per heavy atom. The van der Waals surface area contributed by atoms with Gasteiger partial charge in [-0.25, -0.2) is 0 Å². The molecule has 0 radical (unpaired) electrons.